The summed E-state index contributed by atoms with van der Waals surface area (Å²) in [6, 6.07) is 18.7. The predicted octanol–water partition coefficient (Wildman–Crippen LogP) is 4.50. The third kappa shape index (κ3) is 2.42. The second-order valence-electron chi connectivity index (χ2n) is 5.69. The van der Waals surface area contributed by atoms with Crippen molar-refractivity contribution in [1.29, 1.82) is 0 Å². The number of benzene rings is 2. The van der Waals surface area contributed by atoms with Gasteiger partial charge in [0.15, 0.2) is 0 Å². The molecule has 2 aromatic heterocycles. The van der Waals surface area contributed by atoms with Crippen LogP contribution < -0.4 is 5.32 Å². The van der Waals surface area contributed by atoms with Crippen LogP contribution in [0.3, 0.4) is 0 Å². The Balaban J connectivity index is 1.87. The van der Waals surface area contributed by atoms with Crippen molar-refractivity contribution in [3.63, 3.8) is 0 Å². The lowest BCUT2D eigenvalue weighted by Gasteiger charge is -2.11. The van der Waals surface area contributed by atoms with Crippen LogP contribution in [0.25, 0.3) is 16.8 Å². The van der Waals surface area contributed by atoms with Gasteiger partial charge in [-0.1, -0.05) is 31.2 Å². The first kappa shape index (κ1) is 13.8. The fourth-order valence-electron chi connectivity index (χ4n) is 2.84. The van der Waals surface area contributed by atoms with E-state index in [2.05, 4.69) is 63.0 Å². The number of hydrogen-bond donors (Lipinski definition) is 1. The van der Waals surface area contributed by atoms with Gasteiger partial charge in [-0.05, 0) is 43.2 Å². The number of rotatable bonds is 3. The van der Waals surface area contributed by atoms with Crippen LogP contribution in [0, 0.1) is 6.92 Å². The number of para-hydroxylation sites is 2. The van der Waals surface area contributed by atoms with Gasteiger partial charge in [-0.25, -0.2) is 9.97 Å². The van der Waals surface area contributed by atoms with Gasteiger partial charge in [-0.15, -0.1) is 0 Å². The summed E-state index contributed by atoms with van der Waals surface area (Å²) in [6.45, 7) is 4.15. The average molecular weight is 302 g/mol. The third-order valence-corrected chi connectivity index (χ3v) is 4.04. The highest BCUT2D eigenvalue weighted by Gasteiger charge is 2.10. The van der Waals surface area contributed by atoms with Gasteiger partial charge in [0.2, 0.25) is 5.78 Å². The molecule has 0 unspecified atom stereocenters. The van der Waals surface area contributed by atoms with Crippen molar-refractivity contribution >= 4 is 28.3 Å². The number of hydrogen-bond acceptors (Lipinski definition) is 3. The summed E-state index contributed by atoms with van der Waals surface area (Å²) in [6.07, 6.45) is 1.05. The Morgan fingerprint density at radius 2 is 1.78 bits per heavy atom. The molecule has 0 aliphatic rings. The Morgan fingerprint density at radius 1 is 1.00 bits per heavy atom. The summed E-state index contributed by atoms with van der Waals surface area (Å²) < 4.78 is 2.07. The summed E-state index contributed by atoms with van der Waals surface area (Å²) in [5.74, 6) is 1.70. The normalized spacial score (nSPS) is 11.2. The molecule has 0 saturated heterocycles. The van der Waals surface area contributed by atoms with Gasteiger partial charge in [-0.2, -0.15) is 0 Å². The number of imidazole rings is 1. The fourth-order valence-corrected chi connectivity index (χ4v) is 2.84. The largest absolute Gasteiger partial charge is 0.341 e. The zero-order valence-electron chi connectivity index (χ0n) is 13.2. The van der Waals surface area contributed by atoms with Crippen LogP contribution in [0.5, 0.6) is 0 Å². The topological polar surface area (TPSA) is 42.2 Å². The number of aryl methyl sites for hydroxylation is 2. The van der Waals surface area contributed by atoms with E-state index in [1.54, 1.807) is 0 Å². The third-order valence-electron chi connectivity index (χ3n) is 4.04. The number of anilines is 2. The lowest BCUT2D eigenvalue weighted by molar-refractivity contribution is 1.09. The van der Waals surface area contributed by atoms with Crippen molar-refractivity contribution in [3.05, 3.63) is 65.9 Å². The summed E-state index contributed by atoms with van der Waals surface area (Å²) in [4.78, 5) is 9.17. The quantitative estimate of drug-likeness (QED) is 0.606. The molecule has 4 heteroatoms. The lowest BCUT2D eigenvalue weighted by atomic mass is 10.1. The molecule has 0 saturated carbocycles. The van der Waals surface area contributed by atoms with Gasteiger partial charge in [0.1, 0.15) is 5.82 Å². The van der Waals surface area contributed by atoms with Crippen molar-refractivity contribution in [2.45, 2.75) is 20.3 Å². The molecule has 2 aromatic carbocycles. The Labute approximate surface area is 134 Å². The minimum Gasteiger partial charge on any atom is -0.341 e. The first-order valence-electron chi connectivity index (χ1n) is 7.85. The Bertz CT molecular complexity index is 984. The average Bonchev–Trinajstić information content (AvgIpc) is 2.93. The molecular weight excluding hydrogens is 284 g/mol. The van der Waals surface area contributed by atoms with Crippen molar-refractivity contribution in [2.24, 2.45) is 0 Å². The van der Waals surface area contributed by atoms with Crippen LogP contribution in [0.1, 0.15) is 18.2 Å². The van der Waals surface area contributed by atoms with Crippen molar-refractivity contribution in [3.8, 4) is 0 Å². The first-order valence-corrected chi connectivity index (χ1v) is 7.85. The van der Waals surface area contributed by atoms with Crippen LogP contribution >= 0.6 is 0 Å². The van der Waals surface area contributed by atoms with Crippen LogP contribution in [-0.4, -0.2) is 14.4 Å². The van der Waals surface area contributed by atoms with Gasteiger partial charge in [0, 0.05) is 17.4 Å². The van der Waals surface area contributed by atoms with E-state index in [9.17, 15) is 0 Å². The molecule has 0 radical (unpaired) electrons. The molecule has 0 fully saturated rings. The van der Waals surface area contributed by atoms with E-state index in [0.29, 0.717) is 0 Å². The van der Waals surface area contributed by atoms with Gasteiger partial charge in [-0.3, -0.25) is 4.40 Å². The van der Waals surface area contributed by atoms with Crippen molar-refractivity contribution < 1.29 is 0 Å². The highest BCUT2D eigenvalue weighted by atomic mass is 15.2. The molecule has 4 aromatic rings. The zero-order chi connectivity index (χ0) is 15.8. The standard InChI is InChI=1S/C19H18N4/c1-3-14-8-10-15(11-9-14)21-18-12-13(2)20-19-22-16-6-4-5-7-17(16)23(18)19/h4-12,21H,3H2,1-2H3. The van der Waals surface area contributed by atoms with E-state index in [0.717, 1.165) is 40.4 Å². The minimum absolute atomic E-state index is 0.721. The van der Waals surface area contributed by atoms with E-state index >= 15 is 0 Å². The molecule has 23 heavy (non-hydrogen) atoms. The molecule has 4 rings (SSSR count). The van der Waals surface area contributed by atoms with E-state index in [4.69, 9.17) is 0 Å². The Morgan fingerprint density at radius 3 is 2.57 bits per heavy atom. The molecule has 0 bridgehead atoms. The number of fused-ring (bicyclic) bond motifs is 3. The number of nitrogens with one attached hydrogen (secondary N) is 1. The van der Waals surface area contributed by atoms with Crippen LogP contribution in [0.4, 0.5) is 11.5 Å². The molecule has 0 amide bonds. The van der Waals surface area contributed by atoms with Crippen molar-refractivity contribution in [2.75, 3.05) is 5.32 Å². The summed E-state index contributed by atoms with van der Waals surface area (Å²) in [7, 11) is 0. The Kier molecular flexibility index (Phi) is 3.23. The van der Waals surface area contributed by atoms with Gasteiger partial charge in [0.05, 0.1) is 11.0 Å². The zero-order valence-corrected chi connectivity index (χ0v) is 13.2. The van der Waals surface area contributed by atoms with Crippen LogP contribution in [-0.2, 0) is 6.42 Å². The first-order chi connectivity index (χ1) is 11.2. The molecule has 114 valence electrons. The van der Waals surface area contributed by atoms with Crippen LogP contribution in [0.15, 0.2) is 54.6 Å². The smallest absolute Gasteiger partial charge is 0.236 e. The molecular formula is C19H18N4. The maximum atomic E-state index is 4.62. The van der Waals surface area contributed by atoms with Gasteiger partial charge in [0.25, 0.3) is 0 Å². The molecule has 0 atom stereocenters. The second-order valence-corrected chi connectivity index (χ2v) is 5.69. The van der Waals surface area contributed by atoms with E-state index in [-0.39, 0.29) is 0 Å². The highest BCUT2D eigenvalue weighted by Crippen LogP contribution is 2.24. The molecule has 0 aliphatic carbocycles. The Hall–Kier alpha value is -2.88. The maximum absolute atomic E-state index is 4.62. The summed E-state index contributed by atoms with van der Waals surface area (Å²) in [5.41, 5.74) is 5.35. The minimum atomic E-state index is 0.721. The SMILES string of the molecule is CCc1ccc(Nc2cc(C)nc3nc4ccccc4n23)cc1. The van der Waals surface area contributed by atoms with E-state index in [1.165, 1.54) is 5.56 Å². The lowest BCUT2D eigenvalue weighted by Crippen LogP contribution is -2.01. The second kappa shape index (κ2) is 5.39. The monoisotopic (exact) mass is 302 g/mol. The van der Waals surface area contributed by atoms with Crippen molar-refractivity contribution in [1.82, 2.24) is 14.4 Å². The number of aromatic nitrogens is 3. The molecule has 2 heterocycles. The van der Waals surface area contributed by atoms with Gasteiger partial charge >= 0.3 is 0 Å². The molecule has 1 N–H and O–H groups in total. The fraction of sp³-hybridized carbons (Fsp3) is 0.158. The maximum Gasteiger partial charge on any atom is 0.236 e. The van der Waals surface area contributed by atoms with Crippen LogP contribution in [0.2, 0.25) is 0 Å². The molecule has 0 aliphatic heterocycles. The molecule has 4 nitrogen and oxygen atoms in total. The number of nitrogens with zero attached hydrogens (tertiary/aromatic N) is 3. The van der Waals surface area contributed by atoms with E-state index in [1.807, 2.05) is 25.1 Å². The predicted molar refractivity (Wildman–Crippen MR) is 94.3 cm³/mol. The van der Waals surface area contributed by atoms with Gasteiger partial charge < -0.3 is 5.32 Å². The van der Waals surface area contributed by atoms with E-state index < -0.39 is 0 Å². The summed E-state index contributed by atoms with van der Waals surface area (Å²) in [5, 5.41) is 3.50. The molecule has 0 spiro atoms. The summed E-state index contributed by atoms with van der Waals surface area (Å²) >= 11 is 0. The highest BCUT2D eigenvalue weighted by molar-refractivity contribution is 5.82.